The largest absolute Gasteiger partial charge is 0.470 e. The molecule has 1 aromatic carbocycles. The van der Waals surface area contributed by atoms with Crippen molar-refractivity contribution < 1.29 is 17.9 Å². The van der Waals surface area contributed by atoms with Crippen LogP contribution in [0, 0.1) is 18.5 Å². The zero-order chi connectivity index (χ0) is 16.5. The molecule has 1 heterocycles. The van der Waals surface area contributed by atoms with Crippen molar-refractivity contribution in [1.82, 2.24) is 9.78 Å². The highest BCUT2D eigenvalue weighted by atomic mass is 19.4. The molecule has 1 aromatic heterocycles. The number of hydrogen-bond donors (Lipinski definition) is 1. The molecule has 0 aliphatic rings. The summed E-state index contributed by atoms with van der Waals surface area (Å²) < 4.78 is 45.0. The number of halogens is 3. The molecule has 117 valence electrons. The molecule has 0 bridgehead atoms. The van der Waals surface area contributed by atoms with Crippen molar-refractivity contribution in [2.45, 2.75) is 26.1 Å². The normalized spacial score (nSPS) is 13.0. The van der Waals surface area contributed by atoms with Gasteiger partial charge in [0.15, 0.2) is 0 Å². The first kappa shape index (κ1) is 16.1. The molecule has 0 saturated heterocycles. The Hall–Kier alpha value is -2.31. The van der Waals surface area contributed by atoms with Gasteiger partial charge < -0.3 is 4.74 Å². The van der Waals surface area contributed by atoms with Crippen LogP contribution >= 0.6 is 0 Å². The van der Waals surface area contributed by atoms with Crippen molar-refractivity contribution in [3.8, 4) is 0 Å². The molecule has 0 aliphatic carbocycles. The number of nitrogens with one attached hydrogen (secondary N) is 1. The first-order valence-corrected chi connectivity index (χ1v) is 6.54. The minimum atomic E-state index is -4.41. The zero-order valence-corrected chi connectivity index (χ0v) is 12.3. The average molecular weight is 310 g/mol. The summed E-state index contributed by atoms with van der Waals surface area (Å²) in [6.07, 6.45) is -2.29. The van der Waals surface area contributed by atoms with Crippen LogP contribution in [0.3, 0.4) is 0 Å². The second kappa shape index (κ2) is 5.82. The molecule has 4 nitrogen and oxygen atoms in total. The summed E-state index contributed by atoms with van der Waals surface area (Å²) in [5.41, 5.74) is 0.572. The Balaban J connectivity index is 2.17. The smallest absolute Gasteiger partial charge is 0.416 e. The fourth-order valence-corrected chi connectivity index (χ4v) is 2.03. The van der Waals surface area contributed by atoms with Gasteiger partial charge in [-0.1, -0.05) is 12.1 Å². The van der Waals surface area contributed by atoms with Crippen molar-refractivity contribution >= 4 is 5.90 Å². The minimum Gasteiger partial charge on any atom is -0.470 e. The van der Waals surface area contributed by atoms with Gasteiger partial charge in [-0.2, -0.15) is 18.3 Å². The topological polar surface area (TPSA) is 50.9 Å². The Morgan fingerprint density at radius 1 is 1.41 bits per heavy atom. The van der Waals surface area contributed by atoms with Crippen molar-refractivity contribution in [2.24, 2.45) is 7.05 Å². The maximum Gasteiger partial charge on any atom is 0.416 e. The molecular formula is C15H15F3N3O. The summed E-state index contributed by atoms with van der Waals surface area (Å²) in [7, 11) is 1.67. The molecule has 0 saturated carbocycles. The van der Waals surface area contributed by atoms with E-state index in [1.807, 2.05) is 0 Å². The van der Waals surface area contributed by atoms with Gasteiger partial charge in [0, 0.05) is 7.05 Å². The Kier molecular flexibility index (Phi) is 4.25. The van der Waals surface area contributed by atoms with Crippen molar-refractivity contribution in [3.63, 3.8) is 0 Å². The number of aryl methyl sites for hydroxylation is 2. The lowest BCUT2D eigenvalue weighted by atomic mass is 10.1. The number of ether oxygens (including phenoxy) is 1. The second-order valence-electron chi connectivity index (χ2n) is 4.91. The fourth-order valence-electron chi connectivity index (χ4n) is 2.03. The van der Waals surface area contributed by atoms with E-state index in [4.69, 9.17) is 10.1 Å². The molecule has 0 aliphatic heterocycles. The molecule has 0 spiro atoms. The SMILES string of the molecule is Cc1nn(C)[c]c1C(=N)OC(C)c1cccc(C(F)(F)F)c1. The number of nitrogens with zero attached hydrogens (tertiary/aromatic N) is 2. The molecule has 0 fully saturated rings. The molecular weight excluding hydrogens is 295 g/mol. The van der Waals surface area contributed by atoms with E-state index < -0.39 is 17.8 Å². The molecule has 1 N–H and O–H groups in total. The van der Waals surface area contributed by atoms with Gasteiger partial charge >= 0.3 is 6.18 Å². The molecule has 7 heteroatoms. The van der Waals surface area contributed by atoms with E-state index in [1.54, 1.807) is 20.9 Å². The lowest BCUT2D eigenvalue weighted by Gasteiger charge is -2.16. The maximum absolute atomic E-state index is 12.7. The summed E-state index contributed by atoms with van der Waals surface area (Å²) in [6, 6.07) is 4.88. The Bertz CT molecular complexity index is 692. The van der Waals surface area contributed by atoms with Gasteiger partial charge in [-0.15, -0.1) is 0 Å². The Morgan fingerprint density at radius 2 is 2.09 bits per heavy atom. The third-order valence-corrected chi connectivity index (χ3v) is 3.14. The third kappa shape index (κ3) is 3.47. The molecule has 0 amide bonds. The molecule has 1 radical (unpaired) electrons. The standard InChI is InChI=1S/C15H15F3N3O/c1-9-13(8-21(3)20-9)14(19)22-10(2)11-5-4-6-12(7-11)15(16,17)18/h4-7,10,19H,1-3H3. The molecule has 2 rings (SSSR count). The Morgan fingerprint density at radius 3 is 2.64 bits per heavy atom. The van der Waals surface area contributed by atoms with Crippen molar-refractivity contribution in [2.75, 3.05) is 0 Å². The molecule has 2 aromatic rings. The number of benzene rings is 1. The number of rotatable bonds is 3. The van der Waals surface area contributed by atoms with E-state index in [9.17, 15) is 13.2 Å². The lowest BCUT2D eigenvalue weighted by molar-refractivity contribution is -0.137. The van der Waals surface area contributed by atoms with Crippen LogP contribution in [0.15, 0.2) is 24.3 Å². The van der Waals surface area contributed by atoms with Gasteiger partial charge in [-0.05, 0) is 31.5 Å². The van der Waals surface area contributed by atoms with Gasteiger partial charge in [0.25, 0.3) is 0 Å². The van der Waals surface area contributed by atoms with E-state index in [0.29, 0.717) is 16.8 Å². The first-order valence-electron chi connectivity index (χ1n) is 6.54. The van der Waals surface area contributed by atoms with Crippen LogP contribution in [0.25, 0.3) is 0 Å². The number of aromatic nitrogens is 2. The van der Waals surface area contributed by atoms with Crippen LogP contribution in [0.2, 0.25) is 0 Å². The second-order valence-corrected chi connectivity index (χ2v) is 4.91. The van der Waals surface area contributed by atoms with Crippen LogP contribution < -0.4 is 0 Å². The molecule has 22 heavy (non-hydrogen) atoms. The van der Waals surface area contributed by atoms with Gasteiger partial charge in [-0.3, -0.25) is 10.1 Å². The lowest BCUT2D eigenvalue weighted by Crippen LogP contribution is -2.11. The van der Waals surface area contributed by atoms with Gasteiger partial charge in [-0.25, -0.2) is 0 Å². The average Bonchev–Trinajstić information content (AvgIpc) is 2.77. The summed E-state index contributed by atoms with van der Waals surface area (Å²) >= 11 is 0. The van der Waals surface area contributed by atoms with Gasteiger partial charge in [0.1, 0.15) is 6.10 Å². The van der Waals surface area contributed by atoms with Crippen LogP contribution in [0.4, 0.5) is 13.2 Å². The predicted octanol–water partition coefficient (Wildman–Crippen LogP) is 3.65. The predicted molar refractivity (Wildman–Crippen MR) is 74.6 cm³/mol. The summed E-state index contributed by atoms with van der Waals surface area (Å²) in [6.45, 7) is 3.30. The fraction of sp³-hybridized carbons (Fsp3) is 0.333. The molecule has 1 unspecified atom stereocenters. The van der Waals surface area contributed by atoms with E-state index in [0.717, 1.165) is 12.1 Å². The van der Waals surface area contributed by atoms with E-state index in [-0.39, 0.29) is 5.90 Å². The van der Waals surface area contributed by atoms with E-state index in [2.05, 4.69) is 11.3 Å². The van der Waals surface area contributed by atoms with Crippen LogP contribution in [-0.2, 0) is 18.0 Å². The summed E-state index contributed by atoms with van der Waals surface area (Å²) in [5, 5.41) is 12.0. The highest BCUT2D eigenvalue weighted by Crippen LogP contribution is 2.31. The number of hydrogen-bond acceptors (Lipinski definition) is 3. The minimum absolute atomic E-state index is 0.171. The van der Waals surface area contributed by atoms with Crippen molar-refractivity contribution in [1.29, 1.82) is 5.41 Å². The zero-order valence-electron chi connectivity index (χ0n) is 12.3. The maximum atomic E-state index is 12.7. The van der Waals surface area contributed by atoms with Crippen LogP contribution in [0.5, 0.6) is 0 Å². The highest BCUT2D eigenvalue weighted by Gasteiger charge is 2.31. The van der Waals surface area contributed by atoms with Crippen LogP contribution in [-0.4, -0.2) is 15.7 Å². The third-order valence-electron chi connectivity index (χ3n) is 3.14. The monoisotopic (exact) mass is 310 g/mol. The van der Waals surface area contributed by atoms with Gasteiger partial charge in [0.2, 0.25) is 5.90 Å². The first-order chi connectivity index (χ1) is 10.2. The summed E-state index contributed by atoms with van der Waals surface area (Å²) in [5.74, 6) is -0.171. The van der Waals surface area contributed by atoms with Crippen molar-refractivity contribution in [3.05, 3.63) is 52.8 Å². The Labute approximate surface area is 126 Å². The van der Waals surface area contributed by atoms with E-state index in [1.165, 1.54) is 16.8 Å². The number of alkyl halides is 3. The summed E-state index contributed by atoms with van der Waals surface area (Å²) in [4.78, 5) is 0. The highest BCUT2D eigenvalue weighted by molar-refractivity contribution is 5.92. The van der Waals surface area contributed by atoms with E-state index >= 15 is 0 Å². The molecule has 1 atom stereocenters. The van der Waals surface area contributed by atoms with Gasteiger partial charge in [0.05, 0.1) is 23.0 Å². The quantitative estimate of drug-likeness (QED) is 0.695. The van der Waals surface area contributed by atoms with Crippen LogP contribution in [0.1, 0.15) is 35.4 Å².